The summed E-state index contributed by atoms with van der Waals surface area (Å²) in [4.78, 5) is 1.50. The van der Waals surface area contributed by atoms with Crippen LogP contribution in [0.4, 0.5) is 0 Å². The van der Waals surface area contributed by atoms with Gasteiger partial charge in [0.05, 0.1) is 4.01 Å². The number of rotatable bonds is 0. The Kier molecular flexibility index (Phi) is 1.86. The Morgan fingerprint density at radius 2 is 1.68 bits per heavy atom. The first-order valence-electron chi connectivity index (χ1n) is 6.43. The zero-order chi connectivity index (χ0) is 12.4. The minimum absolute atomic E-state index is 1.10. The summed E-state index contributed by atoms with van der Waals surface area (Å²) in [5, 5.41) is 2.95. The van der Waals surface area contributed by atoms with Crippen molar-refractivity contribution in [2.45, 2.75) is 6.42 Å². The second-order valence-corrected chi connectivity index (χ2v) is 7.34. The first-order valence-corrected chi connectivity index (χ1v) is 8.06. The van der Waals surface area contributed by atoms with E-state index in [1.807, 2.05) is 22.7 Å². The van der Waals surface area contributed by atoms with Gasteiger partial charge in [0.2, 0.25) is 0 Å². The van der Waals surface area contributed by atoms with Crippen LogP contribution in [0.15, 0.2) is 48.5 Å². The fourth-order valence-electron chi connectivity index (χ4n) is 3.12. The van der Waals surface area contributed by atoms with Crippen LogP contribution in [-0.2, 0) is 6.42 Å². The summed E-state index contributed by atoms with van der Waals surface area (Å²) in [5.74, 6) is 0. The topological polar surface area (TPSA) is 0 Å². The molecule has 0 unspecified atom stereocenters. The molecular weight excluding hydrogens is 268 g/mol. The van der Waals surface area contributed by atoms with Gasteiger partial charge in [0.1, 0.15) is 0 Å². The molecule has 0 amide bonds. The third-order valence-electron chi connectivity index (χ3n) is 3.96. The Labute approximate surface area is 118 Å². The molecule has 0 bridgehead atoms. The highest BCUT2D eigenvalue weighted by molar-refractivity contribution is 7.43. The van der Waals surface area contributed by atoms with Gasteiger partial charge in [0.25, 0.3) is 0 Å². The van der Waals surface area contributed by atoms with Gasteiger partial charge in [-0.05, 0) is 22.8 Å². The lowest BCUT2D eigenvalue weighted by Gasteiger charge is -1.95. The summed E-state index contributed by atoms with van der Waals surface area (Å²) in [7, 11) is 0. The van der Waals surface area contributed by atoms with E-state index < -0.39 is 0 Å². The predicted octanol–water partition coefficient (Wildman–Crippen LogP) is 5.69. The van der Waals surface area contributed by atoms with Crippen LogP contribution < -0.4 is 0 Å². The van der Waals surface area contributed by atoms with E-state index in [0.29, 0.717) is 0 Å². The molecule has 5 rings (SSSR count). The van der Waals surface area contributed by atoms with Crippen molar-refractivity contribution in [3.05, 3.63) is 59.7 Å². The van der Waals surface area contributed by atoms with Crippen molar-refractivity contribution >= 4 is 42.2 Å². The molecule has 2 heterocycles. The van der Waals surface area contributed by atoms with E-state index >= 15 is 0 Å². The molecule has 0 N–H and O–H groups in total. The smallest absolute Gasteiger partial charge is 0.0887 e. The molecule has 0 atom stereocenters. The van der Waals surface area contributed by atoms with Crippen LogP contribution in [0.1, 0.15) is 11.1 Å². The van der Waals surface area contributed by atoms with Crippen LogP contribution in [-0.4, -0.2) is 0 Å². The molecule has 0 spiro atoms. The van der Waals surface area contributed by atoms with Gasteiger partial charge >= 0.3 is 0 Å². The molecule has 1 aliphatic carbocycles. The molecule has 90 valence electrons. The van der Waals surface area contributed by atoms with Gasteiger partial charge in [-0.15, -0.1) is 22.7 Å². The Bertz CT molecular complexity index is 940. The largest absolute Gasteiger partial charge is 0.124 e. The van der Waals surface area contributed by atoms with Crippen LogP contribution in [0.2, 0.25) is 0 Å². The standard InChI is InChI=1S/C17H10S2/c1-2-6-11-10(5-1)9-13-15-12-7-3-4-8-14(12)18-17(15)19-16(11)13/h1-8H,9H2. The van der Waals surface area contributed by atoms with Crippen molar-refractivity contribution in [3.8, 4) is 10.4 Å². The molecule has 0 fully saturated rings. The van der Waals surface area contributed by atoms with Crippen molar-refractivity contribution < 1.29 is 0 Å². The van der Waals surface area contributed by atoms with E-state index in [1.165, 1.54) is 35.5 Å². The number of fused-ring (bicyclic) bond motifs is 7. The van der Waals surface area contributed by atoms with Gasteiger partial charge < -0.3 is 0 Å². The Morgan fingerprint density at radius 3 is 2.68 bits per heavy atom. The summed E-state index contributed by atoms with van der Waals surface area (Å²) in [6.45, 7) is 0. The van der Waals surface area contributed by atoms with Crippen LogP contribution in [0.25, 0.3) is 29.9 Å². The number of hydrogen-bond donors (Lipinski definition) is 0. The summed E-state index contributed by atoms with van der Waals surface area (Å²) < 4.78 is 2.91. The van der Waals surface area contributed by atoms with Gasteiger partial charge in [-0.25, -0.2) is 0 Å². The van der Waals surface area contributed by atoms with E-state index in [-0.39, 0.29) is 0 Å². The lowest BCUT2D eigenvalue weighted by atomic mass is 10.1. The molecule has 0 radical (unpaired) electrons. The van der Waals surface area contributed by atoms with E-state index in [2.05, 4.69) is 48.5 Å². The maximum Gasteiger partial charge on any atom is 0.0887 e. The lowest BCUT2D eigenvalue weighted by Crippen LogP contribution is -1.78. The normalized spacial score (nSPS) is 13.1. The van der Waals surface area contributed by atoms with Crippen molar-refractivity contribution in [3.63, 3.8) is 0 Å². The monoisotopic (exact) mass is 278 g/mol. The fraction of sp³-hybridized carbons (Fsp3) is 0.0588. The molecule has 4 aromatic rings. The molecule has 0 nitrogen and oxygen atoms in total. The van der Waals surface area contributed by atoms with Gasteiger partial charge in [-0.2, -0.15) is 0 Å². The maximum absolute atomic E-state index is 2.27. The van der Waals surface area contributed by atoms with E-state index in [1.54, 1.807) is 5.56 Å². The third-order valence-corrected chi connectivity index (χ3v) is 6.49. The van der Waals surface area contributed by atoms with Crippen molar-refractivity contribution in [1.82, 2.24) is 0 Å². The molecule has 1 aliphatic rings. The SMILES string of the molecule is c1ccc2c(c1)Cc1c-2sc2sc3ccccc3c12. The van der Waals surface area contributed by atoms with Crippen molar-refractivity contribution in [2.75, 3.05) is 0 Å². The first kappa shape index (κ1) is 10.2. The Balaban J connectivity index is 1.94. The second-order valence-electron chi connectivity index (χ2n) is 5.00. The number of thiophene rings is 2. The molecule has 2 aromatic heterocycles. The average Bonchev–Trinajstić information content (AvgIpc) is 3.05. The van der Waals surface area contributed by atoms with Crippen LogP contribution in [0, 0.1) is 0 Å². The minimum Gasteiger partial charge on any atom is -0.124 e. The first-order chi connectivity index (χ1) is 9.42. The van der Waals surface area contributed by atoms with Gasteiger partial charge in [-0.3, -0.25) is 0 Å². The summed E-state index contributed by atoms with van der Waals surface area (Å²) >= 11 is 3.91. The molecule has 2 heteroatoms. The van der Waals surface area contributed by atoms with Gasteiger partial charge in [0.15, 0.2) is 0 Å². The quantitative estimate of drug-likeness (QED) is 0.341. The van der Waals surface area contributed by atoms with Crippen molar-refractivity contribution in [2.24, 2.45) is 0 Å². The highest BCUT2D eigenvalue weighted by atomic mass is 32.2. The summed E-state index contributed by atoms with van der Waals surface area (Å²) in [6, 6.07) is 17.6. The van der Waals surface area contributed by atoms with E-state index in [4.69, 9.17) is 0 Å². The Hall–Kier alpha value is -1.64. The average molecular weight is 278 g/mol. The summed E-state index contributed by atoms with van der Waals surface area (Å²) in [6.07, 6.45) is 1.10. The Morgan fingerprint density at radius 1 is 0.842 bits per heavy atom. The highest BCUT2D eigenvalue weighted by Gasteiger charge is 2.25. The minimum atomic E-state index is 1.10. The third kappa shape index (κ3) is 1.23. The molecule has 0 aliphatic heterocycles. The number of hydrogen-bond acceptors (Lipinski definition) is 2. The lowest BCUT2D eigenvalue weighted by molar-refractivity contribution is 1.29. The molecule has 0 saturated carbocycles. The molecule has 0 saturated heterocycles. The van der Waals surface area contributed by atoms with E-state index in [9.17, 15) is 0 Å². The highest BCUT2D eigenvalue weighted by Crippen LogP contribution is 2.51. The fourth-order valence-corrected chi connectivity index (χ4v) is 5.90. The zero-order valence-electron chi connectivity index (χ0n) is 10.1. The summed E-state index contributed by atoms with van der Waals surface area (Å²) in [5.41, 5.74) is 4.49. The van der Waals surface area contributed by atoms with Crippen molar-refractivity contribution in [1.29, 1.82) is 0 Å². The molecule has 2 aromatic carbocycles. The van der Waals surface area contributed by atoms with Gasteiger partial charge in [0, 0.05) is 26.8 Å². The predicted molar refractivity (Wildman–Crippen MR) is 85.5 cm³/mol. The maximum atomic E-state index is 2.27. The van der Waals surface area contributed by atoms with Crippen LogP contribution in [0.5, 0.6) is 0 Å². The zero-order valence-corrected chi connectivity index (χ0v) is 11.8. The number of benzene rings is 2. The van der Waals surface area contributed by atoms with Crippen LogP contribution >= 0.6 is 22.7 Å². The van der Waals surface area contributed by atoms with Gasteiger partial charge in [-0.1, -0.05) is 42.5 Å². The van der Waals surface area contributed by atoms with Crippen LogP contribution in [0.3, 0.4) is 0 Å². The molecular formula is C17H10S2. The van der Waals surface area contributed by atoms with E-state index in [0.717, 1.165) is 6.42 Å². The molecule has 19 heavy (non-hydrogen) atoms. The second kappa shape index (κ2) is 3.47.